The number of hydrogen-bond donors (Lipinski definition) is 2. The van der Waals surface area contributed by atoms with Gasteiger partial charge in [-0.05, 0) is 47.9 Å². The summed E-state index contributed by atoms with van der Waals surface area (Å²) < 4.78 is 5.34. The molecule has 2 heterocycles. The highest BCUT2D eigenvalue weighted by Gasteiger charge is 2.06. The summed E-state index contributed by atoms with van der Waals surface area (Å²) in [6.07, 6.45) is 7.29. The van der Waals surface area contributed by atoms with E-state index < -0.39 is 0 Å². The smallest absolute Gasteiger partial charge is 0.229 e. The van der Waals surface area contributed by atoms with Gasteiger partial charge in [-0.1, -0.05) is 36.4 Å². The Bertz CT molecular complexity index is 996. The molecule has 0 atom stereocenters. The molecule has 0 saturated heterocycles. The van der Waals surface area contributed by atoms with Gasteiger partial charge in [-0.15, -0.1) is 0 Å². The van der Waals surface area contributed by atoms with E-state index in [0.717, 1.165) is 61.0 Å². The van der Waals surface area contributed by atoms with E-state index in [1.54, 1.807) is 13.3 Å². The lowest BCUT2D eigenvalue weighted by Gasteiger charge is -2.14. The highest BCUT2D eigenvalue weighted by molar-refractivity contribution is 5.70. The number of hydrogen-bond acceptors (Lipinski definition) is 6. The second-order valence-corrected chi connectivity index (χ2v) is 7.21. The predicted molar refractivity (Wildman–Crippen MR) is 122 cm³/mol. The van der Waals surface area contributed by atoms with E-state index >= 15 is 0 Å². The number of methoxy groups -OCH3 is 1. The minimum absolute atomic E-state index is 0.575. The number of ether oxygens (including phenoxy) is 1. The van der Waals surface area contributed by atoms with Gasteiger partial charge in [0.25, 0.3) is 0 Å². The van der Waals surface area contributed by atoms with E-state index in [9.17, 15) is 0 Å². The van der Waals surface area contributed by atoms with Gasteiger partial charge in [-0.2, -0.15) is 4.98 Å². The summed E-state index contributed by atoms with van der Waals surface area (Å²) in [6, 6.07) is 18.1. The minimum atomic E-state index is 0.575. The lowest BCUT2D eigenvalue weighted by Crippen LogP contribution is -2.23. The number of nitrogens with zero attached hydrogens (tertiary/aromatic N) is 3. The fraction of sp³-hybridized carbons (Fsp3) is 0.250. The molecular formula is C24H27N5O. The highest BCUT2D eigenvalue weighted by atomic mass is 16.5. The molecule has 0 saturated carbocycles. The van der Waals surface area contributed by atoms with Gasteiger partial charge in [-0.3, -0.25) is 4.90 Å². The van der Waals surface area contributed by atoms with Gasteiger partial charge < -0.3 is 15.4 Å². The maximum absolute atomic E-state index is 5.34. The van der Waals surface area contributed by atoms with E-state index in [2.05, 4.69) is 55.9 Å². The lowest BCUT2D eigenvalue weighted by molar-refractivity contribution is 0.351. The monoisotopic (exact) mass is 401 g/mol. The Morgan fingerprint density at radius 2 is 1.80 bits per heavy atom. The van der Waals surface area contributed by atoms with Crippen molar-refractivity contribution in [3.8, 4) is 16.9 Å². The lowest BCUT2D eigenvalue weighted by atomic mass is 10.0. The van der Waals surface area contributed by atoms with Crippen LogP contribution in [-0.2, 0) is 0 Å². The Morgan fingerprint density at radius 3 is 2.63 bits per heavy atom. The summed E-state index contributed by atoms with van der Waals surface area (Å²) in [6.45, 7) is 4.11. The third kappa shape index (κ3) is 5.36. The number of nitrogens with one attached hydrogen (secondary N) is 2. The third-order valence-electron chi connectivity index (χ3n) is 5.03. The predicted octanol–water partition coefficient (Wildman–Crippen LogP) is 4.57. The Balaban J connectivity index is 1.36. The molecule has 2 N–H and O–H groups in total. The van der Waals surface area contributed by atoms with Gasteiger partial charge in [0, 0.05) is 38.1 Å². The molecule has 6 nitrogen and oxygen atoms in total. The number of anilines is 3. The standard InChI is InChI=1S/C24H27N5O/c1-30-22-10-5-8-20(18-22)19-7-4-9-21(17-19)27-24-26-13-11-23(28-24)25-12-6-16-29-14-2-3-15-29/h2-5,7-11,13,17-18H,6,12,14-16H2,1H3,(H2,25,26,27,28). The molecule has 4 rings (SSSR count). The Kier molecular flexibility index (Phi) is 6.57. The van der Waals surface area contributed by atoms with Gasteiger partial charge in [0.1, 0.15) is 11.6 Å². The average Bonchev–Trinajstić information content (AvgIpc) is 3.31. The van der Waals surface area contributed by atoms with Crippen molar-refractivity contribution in [3.63, 3.8) is 0 Å². The van der Waals surface area contributed by atoms with Crippen molar-refractivity contribution in [2.24, 2.45) is 0 Å². The third-order valence-corrected chi connectivity index (χ3v) is 5.03. The molecule has 1 aliphatic rings. The topological polar surface area (TPSA) is 62.3 Å². The van der Waals surface area contributed by atoms with Crippen LogP contribution in [0, 0.1) is 0 Å². The number of rotatable bonds is 9. The number of aromatic nitrogens is 2. The normalized spacial score (nSPS) is 13.4. The Hall–Kier alpha value is -3.38. The van der Waals surface area contributed by atoms with Gasteiger partial charge >= 0.3 is 0 Å². The van der Waals surface area contributed by atoms with Crippen LogP contribution in [0.5, 0.6) is 5.75 Å². The van der Waals surface area contributed by atoms with Crippen molar-refractivity contribution in [1.29, 1.82) is 0 Å². The largest absolute Gasteiger partial charge is 0.497 e. The van der Waals surface area contributed by atoms with Crippen molar-refractivity contribution >= 4 is 17.5 Å². The number of benzene rings is 2. The van der Waals surface area contributed by atoms with Gasteiger partial charge in [-0.25, -0.2) is 4.98 Å². The van der Waals surface area contributed by atoms with Crippen molar-refractivity contribution < 1.29 is 4.74 Å². The summed E-state index contributed by atoms with van der Waals surface area (Å²) in [5, 5.41) is 6.70. The summed E-state index contributed by atoms with van der Waals surface area (Å²) in [7, 11) is 1.68. The van der Waals surface area contributed by atoms with Crippen LogP contribution < -0.4 is 15.4 Å². The molecule has 0 unspecified atom stereocenters. The van der Waals surface area contributed by atoms with E-state index in [0.29, 0.717) is 5.95 Å². The molecular weight excluding hydrogens is 374 g/mol. The van der Waals surface area contributed by atoms with E-state index in [1.165, 1.54) is 0 Å². The van der Waals surface area contributed by atoms with Crippen LogP contribution >= 0.6 is 0 Å². The van der Waals surface area contributed by atoms with Crippen LogP contribution in [0.15, 0.2) is 72.9 Å². The maximum Gasteiger partial charge on any atom is 0.229 e. The van der Waals surface area contributed by atoms with Crippen LogP contribution in [-0.4, -0.2) is 48.2 Å². The molecule has 6 heteroatoms. The van der Waals surface area contributed by atoms with Crippen LogP contribution in [0.4, 0.5) is 17.5 Å². The van der Waals surface area contributed by atoms with Crippen LogP contribution in [0.25, 0.3) is 11.1 Å². The Labute approximate surface area is 177 Å². The quantitative estimate of drug-likeness (QED) is 0.405. The molecule has 154 valence electrons. The first-order valence-electron chi connectivity index (χ1n) is 10.3. The molecule has 0 radical (unpaired) electrons. The fourth-order valence-electron chi connectivity index (χ4n) is 3.45. The molecule has 30 heavy (non-hydrogen) atoms. The molecule has 0 spiro atoms. The van der Waals surface area contributed by atoms with Crippen LogP contribution in [0.2, 0.25) is 0 Å². The second-order valence-electron chi connectivity index (χ2n) is 7.21. The SMILES string of the molecule is COc1cccc(-c2cccc(Nc3nccc(NCCCN4CC=CC4)n3)c2)c1. The fourth-order valence-corrected chi connectivity index (χ4v) is 3.45. The zero-order valence-electron chi connectivity index (χ0n) is 17.2. The molecule has 1 aromatic heterocycles. The van der Waals surface area contributed by atoms with E-state index in [-0.39, 0.29) is 0 Å². The molecule has 0 amide bonds. The van der Waals surface area contributed by atoms with E-state index in [4.69, 9.17) is 4.74 Å². The van der Waals surface area contributed by atoms with Gasteiger partial charge in [0.05, 0.1) is 7.11 Å². The molecule has 0 fully saturated rings. The summed E-state index contributed by atoms with van der Waals surface area (Å²) in [5.41, 5.74) is 3.14. The highest BCUT2D eigenvalue weighted by Crippen LogP contribution is 2.26. The van der Waals surface area contributed by atoms with Crippen molar-refractivity contribution in [2.45, 2.75) is 6.42 Å². The van der Waals surface area contributed by atoms with Gasteiger partial charge in [0.15, 0.2) is 0 Å². The molecule has 1 aliphatic heterocycles. The molecule has 0 aliphatic carbocycles. The first-order chi connectivity index (χ1) is 14.8. The van der Waals surface area contributed by atoms with Crippen LogP contribution in [0.3, 0.4) is 0 Å². The summed E-state index contributed by atoms with van der Waals surface area (Å²) in [5.74, 6) is 2.25. The molecule has 3 aromatic rings. The molecule has 0 bridgehead atoms. The second kappa shape index (κ2) is 9.89. The molecule has 2 aromatic carbocycles. The zero-order chi connectivity index (χ0) is 20.6. The van der Waals surface area contributed by atoms with Crippen LogP contribution in [0.1, 0.15) is 6.42 Å². The first-order valence-corrected chi connectivity index (χ1v) is 10.3. The maximum atomic E-state index is 5.34. The minimum Gasteiger partial charge on any atom is -0.497 e. The van der Waals surface area contributed by atoms with Gasteiger partial charge in [0.2, 0.25) is 5.95 Å². The Morgan fingerprint density at radius 1 is 1.00 bits per heavy atom. The average molecular weight is 402 g/mol. The zero-order valence-corrected chi connectivity index (χ0v) is 17.2. The van der Waals surface area contributed by atoms with E-state index in [1.807, 2.05) is 36.4 Å². The van der Waals surface area contributed by atoms with Crippen molar-refractivity contribution in [1.82, 2.24) is 14.9 Å². The van der Waals surface area contributed by atoms with Crippen molar-refractivity contribution in [2.75, 3.05) is 43.9 Å². The first kappa shape index (κ1) is 19.9. The summed E-state index contributed by atoms with van der Waals surface area (Å²) in [4.78, 5) is 11.4. The summed E-state index contributed by atoms with van der Waals surface area (Å²) >= 11 is 0. The van der Waals surface area contributed by atoms with Crippen molar-refractivity contribution in [3.05, 3.63) is 72.9 Å².